The Morgan fingerprint density at radius 2 is 1.64 bits per heavy atom. The lowest BCUT2D eigenvalue weighted by molar-refractivity contribution is -0.142. The fourth-order valence-corrected chi connectivity index (χ4v) is 9.65. The molecule has 0 radical (unpaired) electrons. The third-order valence-electron chi connectivity index (χ3n) is 13.1. The minimum atomic E-state index is -0.639. The van der Waals surface area contributed by atoms with E-state index in [-0.39, 0.29) is 23.8 Å². The standard InChI is InChI=1S/C44H54N8O3/c1-27-9-11-29(22-33(27)40(53)45-5)47-39-38-36(46-26-51(38)30-12-13-30)25-35(48-39)28-10-14-34-37(21-28)52(32-23-31(24-32)49-17-7-6-8-18-49)42(55)44(34)15-19-50(20-16-44)41(54)43(2,3)4/h9-11,14,21-22,25-26,30-32H,6-8,12-13,15-20,23-24H2,1-5H3,(H,45,53)(H,47,48)/t31-,32+. The molecule has 2 saturated heterocycles. The number of carbonyl (C=O) groups excluding carboxylic acids is 3. The van der Waals surface area contributed by atoms with E-state index in [1.807, 2.05) is 57.1 Å². The van der Waals surface area contributed by atoms with Crippen molar-refractivity contribution in [2.75, 3.05) is 43.4 Å². The normalized spacial score (nSPS) is 22.5. The quantitative estimate of drug-likeness (QED) is 0.207. The maximum absolute atomic E-state index is 14.9. The van der Waals surface area contributed by atoms with E-state index in [0.717, 1.165) is 83.6 Å². The Kier molecular flexibility index (Phi) is 8.79. The zero-order valence-electron chi connectivity index (χ0n) is 33.0. The minimum absolute atomic E-state index is 0.133. The molecule has 0 atom stereocenters. The molecule has 3 aliphatic heterocycles. The topological polar surface area (TPSA) is 116 Å². The maximum atomic E-state index is 14.9. The molecule has 11 heteroatoms. The summed E-state index contributed by atoms with van der Waals surface area (Å²) in [6.45, 7) is 11.3. The summed E-state index contributed by atoms with van der Waals surface area (Å²) in [6.07, 6.45) is 11.2. The van der Waals surface area contributed by atoms with Crippen molar-refractivity contribution in [2.45, 2.75) is 109 Å². The van der Waals surface area contributed by atoms with Gasteiger partial charge in [-0.15, -0.1) is 0 Å². The number of carbonyl (C=O) groups is 3. The first-order chi connectivity index (χ1) is 26.4. The van der Waals surface area contributed by atoms with Gasteiger partial charge < -0.3 is 29.9 Å². The number of hydrogen-bond donors (Lipinski definition) is 2. The third-order valence-corrected chi connectivity index (χ3v) is 13.1. The molecule has 2 N–H and O–H groups in total. The van der Waals surface area contributed by atoms with Crippen LogP contribution in [0.1, 0.15) is 106 Å². The first-order valence-corrected chi connectivity index (χ1v) is 20.4. The number of amides is 3. The van der Waals surface area contributed by atoms with Gasteiger partial charge in [-0.25, -0.2) is 9.97 Å². The molecule has 2 aromatic heterocycles. The fourth-order valence-electron chi connectivity index (χ4n) is 9.65. The molecule has 1 spiro atoms. The Morgan fingerprint density at radius 1 is 0.891 bits per heavy atom. The summed E-state index contributed by atoms with van der Waals surface area (Å²) < 4.78 is 2.22. The van der Waals surface area contributed by atoms with Crippen molar-refractivity contribution >= 4 is 45.9 Å². The second-order valence-corrected chi connectivity index (χ2v) is 17.7. The van der Waals surface area contributed by atoms with Crippen molar-refractivity contribution in [2.24, 2.45) is 5.41 Å². The second-order valence-electron chi connectivity index (χ2n) is 17.7. The lowest BCUT2D eigenvalue weighted by Gasteiger charge is -2.48. The van der Waals surface area contributed by atoms with Gasteiger partial charge in [0.2, 0.25) is 11.8 Å². The number of nitrogens with zero attached hydrogens (tertiary/aromatic N) is 6. The van der Waals surface area contributed by atoms with Crippen LogP contribution in [0.2, 0.25) is 0 Å². The molecule has 55 heavy (non-hydrogen) atoms. The van der Waals surface area contributed by atoms with Crippen LogP contribution < -0.4 is 15.5 Å². The smallest absolute Gasteiger partial charge is 0.251 e. The number of aromatic nitrogens is 3. The number of aryl methyl sites for hydroxylation is 1. The predicted octanol–water partition coefficient (Wildman–Crippen LogP) is 7.11. The summed E-state index contributed by atoms with van der Waals surface area (Å²) >= 11 is 0. The summed E-state index contributed by atoms with van der Waals surface area (Å²) in [7, 11) is 1.65. The number of likely N-dealkylation sites (tertiary alicyclic amines) is 2. The number of anilines is 3. The van der Waals surface area contributed by atoms with Crippen molar-refractivity contribution in [3.8, 4) is 11.3 Å². The summed E-state index contributed by atoms with van der Waals surface area (Å²) in [5, 5.41) is 6.32. The molecule has 9 rings (SSSR count). The zero-order valence-corrected chi connectivity index (χ0v) is 33.0. The van der Waals surface area contributed by atoms with E-state index in [9.17, 15) is 14.4 Å². The molecule has 5 aliphatic rings. The van der Waals surface area contributed by atoms with Gasteiger partial charge in [0.1, 0.15) is 5.52 Å². The largest absolute Gasteiger partial charge is 0.355 e. The third kappa shape index (κ3) is 6.19. The molecular formula is C44H54N8O3. The Hall–Kier alpha value is -4.77. The van der Waals surface area contributed by atoms with Gasteiger partial charge in [-0.1, -0.05) is 45.4 Å². The summed E-state index contributed by atoms with van der Waals surface area (Å²) in [6, 6.07) is 15.4. The maximum Gasteiger partial charge on any atom is 0.251 e. The molecule has 4 aromatic rings. The molecule has 5 heterocycles. The molecule has 2 aliphatic carbocycles. The van der Waals surface area contributed by atoms with Crippen LogP contribution in [0.3, 0.4) is 0 Å². The number of rotatable bonds is 7. The SMILES string of the molecule is CNC(=O)c1cc(Nc2nc(-c3ccc4c(c3)N([C@H]3C[C@@H](N5CCCCC5)C3)C(=O)C43CCN(C(=O)C(C)(C)C)CC3)cc3ncn(C4CC4)c23)ccc1C. The number of benzene rings is 2. The van der Waals surface area contributed by atoms with Crippen LogP contribution >= 0.6 is 0 Å². The van der Waals surface area contributed by atoms with Crippen LogP contribution in [-0.4, -0.2) is 87.4 Å². The monoisotopic (exact) mass is 742 g/mol. The molecule has 2 saturated carbocycles. The van der Waals surface area contributed by atoms with E-state index >= 15 is 0 Å². The van der Waals surface area contributed by atoms with Gasteiger partial charge in [-0.3, -0.25) is 14.4 Å². The molecule has 11 nitrogen and oxygen atoms in total. The molecule has 288 valence electrons. The van der Waals surface area contributed by atoms with Crippen LogP contribution in [0.5, 0.6) is 0 Å². The Bertz CT molecular complexity index is 2180. The second kappa shape index (κ2) is 13.5. The van der Waals surface area contributed by atoms with Gasteiger partial charge in [-0.05, 0) is 107 Å². The van der Waals surface area contributed by atoms with Gasteiger partial charge in [0.15, 0.2) is 5.82 Å². The van der Waals surface area contributed by atoms with Crippen LogP contribution in [0.15, 0.2) is 48.8 Å². The van der Waals surface area contributed by atoms with Crippen molar-refractivity contribution < 1.29 is 14.4 Å². The van der Waals surface area contributed by atoms with Crippen molar-refractivity contribution in [3.63, 3.8) is 0 Å². The fraction of sp³-hybridized carbons (Fsp3) is 0.523. The van der Waals surface area contributed by atoms with Crippen LogP contribution in [0.25, 0.3) is 22.3 Å². The highest BCUT2D eigenvalue weighted by molar-refractivity contribution is 6.09. The minimum Gasteiger partial charge on any atom is -0.355 e. The number of imidazole rings is 1. The van der Waals surface area contributed by atoms with Gasteiger partial charge in [0, 0.05) is 66.2 Å². The van der Waals surface area contributed by atoms with Crippen LogP contribution in [0.4, 0.5) is 17.2 Å². The van der Waals surface area contributed by atoms with Gasteiger partial charge in [0.05, 0.1) is 23.0 Å². The lowest BCUT2D eigenvalue weighted by atomic mass is 9.73. The van der Waals surface area contributed by atoms with E-state index in [4.69, 9.17) is 9.97 Å². The molecule has 0 bridgehead atoms. The van der Waals surface area contributed by atoms with Crippen molar-refractivity contribution in [1.82, 2.24) is 29.7 Å². The zero-order chi connectivity index (χ0) is 38.2. The first kappa shape index (κ1) is 35.9. The number of nitrogens with one attached hydrogen (secondary N) is 2. The molecular weight excluding hydrogens is 689 g/mol. The number of pyridine rings is 1. The van der Waals surface area contributed by atoms with E-state index in [1.54, 1.807) is 7.05 Å². The van der Waals surface area contributed by atoms with Gasteiger partial charge in [0.25, 0.3) is 5.91 Å². The summed E-state index contributed by atoms with van der Waals surface area (Å²) in [5.41, 5.74) is 6.77. The Balaban J connectivity index is 1.09. The molecule has 4 fully saturated rings. The summed E-state index contributed by atoms with van der Waals surface area (Å²) in [5.74, 6) is 0.901. The van der Waals surface area contributed by atoms with E-state index < -0.39 is 10.8 Å². The highest BCUT2D eigenvalue weighted by Crippen LogP contribution is 2.52. The molecule has 2 aromatic carbocycles. The summed E-state index contributed by atoms with van der Waals surface area (Å²) in [4.78, 5) is 57.8. The lowest BCUT2D eigenvalue weighted by Crippen LogP contribution is -2.58. The average Bonchev–Trinajstić information content (AvgIpc) is 3.88. The predicted molar refractivity (Wildman–Crippen MR) is 216 cm³/mol. The number of fused-ring (bicyclic) bond motifs is 3. The van der Waals surface area contributed by atoms with Crippen molar-refractivity contribution in [3.05, 3.63) is 65.5 Å². The van der Waals surface area contributed by atoms with E-state index in [1.165, 1.54) is 19.3 Å². The van der Waals surface area contributed by atoms with Gasteiger partial charge in [-0.2, -0.15) is 0 Å². The number of piperidine rings is 2. The highest BCUT2D eigenvalue weighted by atomic mass is 16.2. The number of hydrogen-bond acceptors (Lipinski definition) is 7. The Morgan fingerprint density at radius 3 is 2.33 bits per heavy atom. The van der Waals surface area contributed by atoms with Gasteiger partial charge >= 0.3 is 0 Å². The first-order valence-electron chi connectivity index (χ1n) is 20.4. The van der Waals surface area contributed by atoms with E-state index in [2.05, 4.69) is 49.3 Å². The molecule has 3 amide bonds. The van der Waals surface area contributed by atoms with Crippen LogP contribution in [-0.2, 0) is 15.0 Å². The van der Waals surface area contributed by atoms with E-state index in [0.29, 0.717) is 49.4 Å². The Labute approximate surface area is 323 Å². The van der Waals surface area contributed by atoms with Crippen LogP contribution in [0, 0.1) is 12.3 Å². The highest BCUT2D eigenvalue weighted by Gasteiger charge is 2.56. The van der Waals surface area contributed by atoms with Crippen molar-refractivity contribution in [1.29, 1.82) is 0 Å². The average molecular weight is 743 g/mol. The molecule has 0 unspecified atom stereocenters.